The van der Waals surface area contributed by atoms with Gasteiger partial charge in [-0.05, 0) is 37.5 Å². The van der Waals surface area contributed by atoms with Crippen molar-refractivity contribution >= 4 is 6.03 Å². The van der Waals surface area contributed by atoms with Gasteiger partial charge in [-0.3, -0.25) is 0 Å². The quantitative estimate of drug-likeness (QED) is 0.871. The molecule has 1 aromatic carbocycles. The van der Waals surface area contributed by atoms with E-state index in [1.807, 2.05) is 0 Å². The third kappa shape index (κ3) is 3.87. The first-order chi connectivity index (χ1) is 8.86. The number of hydrogen-bond donors (Lipinski definition) is 2. The molecule has 1 aliphatic carbocycles. The summed E-state index contributed by atoms with van der Waals surface area (Å²) in [6, 6.07) is 4.39. The highest BCUT2D eigenvalue weighted by Gasteiger charge is 2.31. The third-order valence-electron chi connectivity index (χ3n) is 2.97. The van der Waals surface area contributed by atoms with Crippen LogP contribution in [0.1, 0.15) is 36.9 Å². The Hall–Kier alpha value is -1.72. The van der Waals surface area contributed by atoms with Crippen LogP contribution in [0, 0.1) is 0 Å². The van der Waals surface area contributed by atoms with Crippen LogP contribution in [-0.4, -0.2) is 12.1 Å². The van der Waals surface area contributed by atoms with Gasteiger partial charge >= 0.3 is 12.2 Å². The summed E-state index contributed by atoms with van der Waals surface area (Å²) in [4.78, 5) is 11.5. The van der Waals surface area contributed by atoms with Crippen molar-refractivity contribution in [1.29, 1.82) is 0 Å². The fourth-order valence-electron chi connectivity index (χ4n) is 1.72. The average Bonchev–Trinajstić information content (AvgIpc) is 3.11. The van der Waals surface area contributed by atoms with Crippen LogP contribution in [0.2, 0.25) is 0 Å². The van der Waals surface area contributed by atoms with Crippen LogP contribution in [0.5, 0.6) is 0 Å². The minimum Gasteiger partial charge on any atom is -0.335 e. The van der Waals surface area contributed by atoms with E-state index in [1.54, 1.807) is 13.0 Å². The molecule has 6 heteroatoms. The Balaban J connectivity index is 2.01. The van der Waals surface area contributed by atoms with E-state index in [4.69, 9.17) is 0 Å². The number of halogens is 3. The molecular formula is C13H15F3N2O. The van der Waals surface area contributed by atoms with Gasteiger partial charge in [-0.2, -0.15) is 13.2 Å². The van der Waals surface area contributed by atoms with Gasteiger partial charge in [0.15, 0.2) is 0 Å². The maximum Gasteiger partial charge on any atom is 0.416 e. The Morgan fingerprint density at radius 3 is 2.63 bits per heavy atom. The number of rotatable bonds is 3. The van der Waals surface area contributed by atoms with Gasteiger partial charge in [-0.1, -0.05) is 12.1 Å². The van der Waals surface area contributed by atoms with E-state index >= 15 is 0 Å². The topological polar surface area (TPSA) is 41.1 Å². The Morgan fingerprint density at radius 2 is 2.05 bits per heavy atom. The summed E-state index contributed by atoms with van der Waals surface area (Å²) in [6.07, 6.45) is -2.44. The second kappa shape index (κ2) is 5.11. The minimum absolute atomic E-state index is 0.216. The number of amides is 2. The third-order valence-corrected chi connectivity index (χ3v) is 2.97. The Bertz CT molecular complexity index is 469. The fraction of sp³-hybridized carbons (Fsp3) is 0.462. The molecule has 104 valence electrons. The molecule has 0 saturated heterocycles. The number of alkyl halides is 3. The second-order valence-corrected chi connectivity index (χ2v) is 4.74. The van der Waals surface area contributed by atoms with E-state index in [2.05, 4.69) is 10.6 Å². The number of nitrogens with one attached hydrogen (secondary N) is 2. The molecule has 0 aromatic heterocycles. The van der Waals surface area contributed by atoms with Gasteiger partial charge in [0.25, 0.3) is 0 Å². The maximum absolute atomic E-state index is 12.6. The molecule has 2 amide bonds. The minimum atomic E-state index is -4.37. The zero-order valence-electron chi connectivity index (χ0n) is 10.4. The largest absolute Gasteiger partial charge is 0.416 e. The van der Waals surface area contributed by atoms with Crippen molar-refractivity contribution in [3.8, 4) is 0 Å². The van der Waals surface area contributed by atoms with Crippen molar-refractivity contribution < 1.29 is 18.0 Å². The lowest BCUT2D eigenvalue weighted by Crippen LogP contribution is -2.38. The highest BCUT2D eigenvalue weighted by atomic mass is 19.4. The van der Waals surface area contributed by atoms with Gasteiger partial charge in [0.2, 0.25) is 0 Å². The summed E-state index contributed by atoms with van der Waals surface area (Å²) in [6.45, 7) is 1.65. The monoisotopic (exact) mass is 272 g/mol. The van der Waals surface area contributed by atoms with Crippen LogP contribution < -0.4 is 10.6 Å². The van der Waals surface area contributed by atoms with Crippen LogP contribution in [0.4, 0.5) is 18.0 Å². The number of urea groups is 1. The van der Waals surface area contributed by atoms with Crippen LogP contribution in [-0.2, 0) is 6.18 Å². The fourth-order valence-corrected chi connectivity index (χ4v) is 1.72. The molecule has 0 bridgehead atoms. The van der Waals surface area contributed by atoms with Crippen molar-refractivity contribution in [3.05, 3.63) is 35.4 Å². The summed E-state index contributed by atoms with van der Waals surface area (Å²) >= 11 is 0. The molecule has 0 spiro atoms. The Kier molecular flexibility index (Phi) is 3.68. The molecule has 0 radical (unpaired) electrons. The molecular weight excluding hydrogens is 257 g/mol. The highest BCUT2D eigenvalue weighted by molar-refractivity contribution is 5.75. The van der Waals surface area contributed by atoms with Gasteiger partial charge in [0.05, 0.1) is 11.6 Å². The van der Waals surface area contributed by atoms with Gasteiger partial charge in [-0.25, -0.2) is 4.79 Å². The molecule has 1 aliphatic rings. The van der Waals surface area contributed by atoms with Crippen molar-refractivity contribution in [2.75, 3.05) is 0 Å². The zero-order valence-corrected chi connectivity index (χ0v) is 10.4. The predicted molar refractivity (Wildman–Crippen MR) is 64.5 cm³/mol. The summed E-state index contributed by atoms with van der Waals surface area (Å²) in [5.74, 6) is 0. The molecule has 1 fully saturated rings. The molecule has 2 N–H and O–H groups in total. The smallest absolute Gasteiger partial charge is 0.335 e. The number of carbonyl (C=O) groups is 1. The molecule has 2 rings (SSSR count). The average molecular weight is 272 g/mol. The predicted octanol–water partition coefficient (Wildman–Crippen LogP) is 3.23. The zero-order chi connectivity index (χ0) is 14.0. The summed E-state index contributed by atoms with van der Waals surface area (Å²) in [5, 5.41) is 5.36. The Morgan fingerprint density at radius 1 is 1.37 bits per heavy atom. The van der Waals surface area contributed by atoms with Crippen molar-refractivity contribution in [1.82, 2.24) is 10.6 Å². The lowest BCUT2D eigenvalue weighted by atomic mass is 10.1. The number of benzene rings is 1. The highest BCUT2D eigenvalue weighted by Crippen LogP contribution is 2.30. The summed E-state index contributed by atoms with van der Waals surface area (Å²) < 4.78 is 37.7. The van der Waals surface area contributed by atoms with Crippen LogP contribution in [0.25, 0.3) is 0 Å². The van der Waals surface area contributed by atoms with Crippen molar-refractivity contribution in [2.45, 2.75) is 38.0 Å². The van der Waals surface area contributed by atoms with Gasteiger partial charge in [0, 0.05) is 6.04 Å². The van der Waals surface area contributed by atoms with Crippen molar-refractivity contribution in [3.63, 3.8) is 0 Å². The van der Waals surface area contributed by atoms with E-state index in [-0.39, 0.29) is 12.1 Å². The standard InChI is InChI=1S/C13H15F3N2O/c1-8(17-12(19)18-11-5-6-11)9-3-2-4-10(7-9)13(14,15)16/h2-4,7-8,11H,5-6H2,1H3,(H2,17,18,19)/t8-/m0/s1. The molecule has 19 heavy (non-hydrogen) atoms. The van der Waals surface area contributed by atoms with E-state index in [0.29, 0.717) is 5.56 Å². The second-order valence-electron chi connectivity index (χ2n) is 4.74. The SMILES string of the molecule is C[C@H](NC(=O)NC1CC1)c1cccc(C(F)(F)F)c1. The first-order valence-electron chi connectivity index (χ1n) is 6.10. The first kappa shape index (κ1) is 13.7. The summed E-state index contributed by atoms with van der Waals surface area (Å²) in [5.41, 5.74) is -0.276. The van der Waals surface area contributed by atoms with Gasteiger partial charge in [0.1, 0.15) is 0 Å². The molecule has 1 aromatic rings. The van der Waals surface area contributed by atoms with E-state index in [1.165, 1.54) is 6.07 Å². The van der Waals surface area contributed by atoms with Crippen LogP contribution in [0.15, 0.2) is 24.3 Å². The van der Waals surface area contributed by atoms with Crippen molar-refractivity contribution in [2.24, 2.45) is 0 Å². The van der Waals surface area contributed by atoms with Gasteiger partial charge < -0.3 is 10.6 Å². The first-order valence-corrected chi connectivity index (χ1v) is 6.10. The Labute approximate surface area is 109 Å². The molecule has 0 aliphatic heterocycles. The van der Waals surface area contributed by atoms with Crippen LogP contribution in [0.3, 0.4) is 0 Å². The lowest BCUT2D eigenvalue weighted by molar-refractivity contribution is -0.137. The number of hydrogen-bond acceptors (Lipinski definition) is 1. The molecule has 0 heterocycles. The van der Waals surface area contributed by atoms with Gasteiger partial charge in [-0.15, -0.1) is 0 Å². The van der Waals surface area contributed by atoms with Crippen LogP contribution >= 0.6 is 0 Å². The van der Waals surface area contributed by atoms with E-state index < -0.39 is 17.8 Å². The summed E-state index contributed by atoms with van der Waals surface area (Å²) in [7, 11) is 0. The van der Waals surface area contributed by atoms with E-state index in [9.17, 15) is 18.0 Å². The molecule has 1 saturated carbocycles. The maximum atomic E-state index is 12.6. The molecule has 0 unspecified atom stereocenters. The number of carbonyl (C=O) groups excluding carboxylic acids is 1. The lowest BCUT2D eigenvalue weighted by Gasteiger charge is -2.16. The normalized spacial score (nSPS) is 16.8. The molecule has 1 atom stereocenters. The molecule has 3 nitrogen and oxygen atoms in total. The van der Waals surface area contributed by atoms with E-state index in [0.717, 1.165) is 25.0 Å².